The molecular weight excluding hydrogens is 334 g/mol. The average Bonchev–Trinajstić information content (AvgIpc) is 3.42. The summed E-state index contributed by atoms with van der Waals surface area (Å²) in [5.74, 6) is 2.06. The van der Waals surface area contributed by atoms with Crippen LogP contribution in [0.2, 0.25) is 0 Å². The Kier molecular flexibility index (Phi) is 4.65. The highest BCUT2D eigenvalue weighted by atomic mass is 16.5. The van der Waals surface area contributed by atoms with Crippen molar-refractivity contribution in [2.24, 2.45) is 0 Å². The molecule has 0 saturated heterocycles. The van der Waals surface area contributed by atoms with Gasteiger partial charge in [-0.3, -0.25) is 4.90 Å². The molecule has 0 saturated carbocycles. The molecule has 134 valence electrons. The van der Waals surface area contributed by atoms with E-state index in [1.807, 2.05) is 48.4 Å². The maximum Gasteiger partial charge on any atom is 0.217 e. The predicted octanol–water partition coefficient (Wildman–Crippen LogP) is 2.64. The van der Waals surface area contributed by atoms with E-state index < -0.39 is 0 Å². The first-order chi connectivity index (χ1) is 12.8. The van der Waals surface area contributed by atoms with Gasteiger partial charge in [-0.2, -0.15) is 9.90 Å². The lowest BCUT2D eigenvalue weighted by Gasteiger charge is -2.07. The minimum absolute atomic E-state index is 0.357. The van der Waals surface area contributed by atoms with E-state index in [1.165, 1.54) is 0 Å². The number of benzene rings is 1. The van der Waals surface area contributed by atoms with Crippen molar-refractivity contribution in [1.29, 1.82) is 0 Å². The maximum absolute atomic E-state index is 5.74. The van der Waals surface area contributed by atoms with Crippen LogP contribution in [0, 0.1) is 0 Å². The van der Waals surface area contributed by atoms with E-state index in [1.54, 1.807) is 17.3 Å². The van der Waals surface area contributed by atoms with Crippen LogP contribution >= 0.6 is 0 Å². The van der Waals surface area contributed by atoms with E-state index in [-0.39, 0.29) is 0 Å². The number of aromatic nitrogens is 4. The zero-order chi connectivity index (χ0) is 17.8. The third kappa shape index (κ3) is 3.60. The summed E-state index contributed by atoms with van der Waals surface area (Å²) >= 11 is 0. The smallest absolute Gasteiger partial charge is 0.217 e. The Balaban J connectivity index is 1.42. The van der Waals surface area contributed by atoms with Gasteiger partial charge in [-0.05, 0) is 6.92 Å². The molecule has 0 amide bonds. The van der Waals surface area contributed by atoms with Crippen LogP contribution in [0.4, 0.5) is 5.82 Å². The Hall–Kier alpha value is -3.13. The lowest BCUT2D eigenvalue weighted by Crippen LogP contribution is -2.14. The number of nitrogens with zero attached hydrogens (tertiary/aromatic N) is 5. The predicted molar refractivity (Wildman–Crippen MR) is 93.8 cm³/mol. The molecule has 4 rings (SSSR count). The first kappa shape index (κ1) is 16.3. The van der Waals surface area contributed by atoms with E-state index in [0.29, 0.717) is 38.2 Å². The Morgan fingerprint density at radius 2 is 2.12 bits per heavy atom. The molecule has 3 heterocycles. The molecule has 1 aliphatic rings. The molecule has 26 heavy (non-hydrogen) atoms. The Bertz CT molecular complexity index is 887. The van der Waals surface area contributed by atoms with Gasteiger partial charge in [-0.1, -0.05) is 30.3 Å². The van der Waals surface area contributed by atoms with Gasteiger partial charge in [0.15, 0.2) is 12.5 Å². The Morgan fingerprint density at radius 1 is 1.23 bits per heavy atom. The second-order valence-corrected chi connectivity index (χ2v) is 5.71. The van der Waals surface area contributed by atoms with Gasteiger partial charge >= 0.3 is 0 Å². The molecule has 2 aromatic heterocycles. The number of anilines is 1. The largest absolute Gasteiger partial charge is 0.471 e. The lowest BCUT2D eigenvalue weighted by molar-refractivity contribution is 0.131. The number of ether oxygens (including phenoxy) is 2. The molecule has 8 nitrogen and oxygen atoms in total. The summed E-state index contributed by atoms with van der Waals surface area (Å²) in [6.45, 7) is 3.78. The second-order valence-electron chi connectivity index (χ2n) is 5.71. The van der Waals surface area contributed by atoms with Crippen LogP contribution in [-0.4, -0.2) is 33.3 Å². The first-order valence-electron chi connectivity index (χ1n) is 8.39. The molecule has 0 unspecified atom stereocenters. The van der Waals surface area contributed by atoms with Crippen molar-refractivity contribution >= 4 is 11.6 Å². The molecule has 1 aromatic carbocycles. The highest BCUT2D eigenvalue weighted by Gasteiger charge is 2.19. The monoisotopic (exact) mass is 353 g/mol. The quantitative estimate of drug-likeness (QED) is 0.646. The summed E-state index contributed by atoms with van der Waals surface area (Å²) in [6, 6.07) is 9.96. The van der Waals surface area contributed by atoms with Crippen LogP contribution in [0.1, 0.15) is 24.1 Å². The third-order valence-electron chi connectivity index (χ3n) is 3.84. The number of hydrogen-bond acceptors (Lipinski definition) is 7. The van der Waals surface area contributed by atoms with Gasteiger partial charge in [0.1, 0.15) is 24.3 Å². The molecule has 3 aromatic rings. The molecule has 0 fully saturated rings. The molecule has 0 N–H and O–H groups in total. The van der Waals surface area contributed by atoms with E-state index >= 15 is 0 Å². The van der Waals surface area contributed by atoms with Crippen LogP contribution in [0.3, 0.4) is 0 Å². The molecule has 0 radical (unpaired) electrons. The van der Waals surface area contributed by atoms with Crippen LogP contribution in [-0.2, 0) is 22.6 Å². The Labute approximate surface area is 150 Å². The topological polar surface area (TPSA) is 78.4 Å². The van der Waals surface area contributed by atoms with Crippen LogP contribution in [0.5, 0.6) is 0 Å². The normalized spacial score (nSPS) is 13.7. The summed E-state index contributed by atoms with van der Waals surface area (Å²) in [5.41, 5.74) is 1.79. The summed E-state index contributed by atoms with van der Waals surface area (Å²) in [4.78, 5) is 7.81. The van der Waals surface area contributed by atoms with Gasteiger partial charge in [0, 0.05) is 12.2 Å². The van der Waals surface area contributed by atoms with E-state index in [9.17, 15) is 0 Å². The van der Waals surface area contributed by atoms with Gasteiger partial charge in [0.05, 0.1) is 19.0 Å². The van der Waals surface area contributed by atoms with Crippen molar-refractivity contribution in [2.75, 3.05) is 18.2 Å². The van der Waals surface area contributed by atoms with Gasteiger partial charge in [-0.25, -0.2) is 4.98 Å². The third-order valence-corrected chi connectivity index (χ3v) is 3.84. The molecule has 8 heteroatoms. The van der Waals surface area contributed by atoms with Crippen molar-refractivity contribution in [1.82, 2.24) is 20.0 Å². The van der Waals surface area contributed by atoms with Crippen LogP contribution in [0.15, 0.2) is 53.4 Å². The maximum atomic E-state index is 5.74. The zero-order valence-corrected chi connectivity index (χ0v) is 14.4. The first-order valence-corrected chi connectivity index (χ1v) is 8.39. The minimum Gasteiger partial charge on any atom is -0.471 e. The number of hydrogen-bond donors (Lipinski definition) is 0. The SMILES string of the molecule is CCOCc1coc(Cn2ncc(N3C=C(c4ccccc4)OC3)n2)n1. The van der Waals surface area contributed by atoms with Gasteiger partial charge in [-0.15, -0.1) is 5.10 Å². The van der Waals surface area contributed by atoms with Crippen molar-refractivity contribution in [3.63, 3.8) is 0 Å². The summed E-state index contributed by atoms with van der Waals surface area (Å²) in [5, 5.41) is 8.74. The van der Waals surface area contributed by atoms with Crippen LogP contribution < -0.4 is 4.90 Å². The van der Waals surface area contributed by atoms with E-state index in [0.717, 1.165) is 17.0 Å². The highest BCUT2D eigenvalue weighted by molar-refractivity contribution is 5.65. The van der Waals surface area contributed by atoms with E-state index in [2.05, 4.69) is 15.2 Å². The zero-order valence-electron chi connectivity index (χ0n) is 14.4. The fourth-order valence-electron chi connectivity index (χ4n) is 2.56. The van der Waals surface area contributed by atoms with Crippen molar-refractivity contribution in [3.8, 4) is 0 Å². The van der Waals surface area contributed by atoms with Gasteiger partial charge in [0.2, 0.25) is 5.89 Å². The standard InChI is InChI=1S/C18H19N5O3/c1-2-24-11-15-12-25-18(20-15)10-23-19-8-17(21-23)22-9-16(26-13-22)14-6-4-3-5-7-14/h3-9,12H,2,10-11,13H2,1H3. The molecular formula is C18H19N5O3. The fraction of sp³-hybridized carbons (Fsp3) is 0.278. The van der Waals surface area contributed by atoms with Crippen molar-refractivity contribution in [2.45, 2.75) is 20.1 Å². The number of rotatable bonds is 7. The molecule has 0 bridgehead atoms. The fourth-order valence-corrected chi connectivity index (χ4v) is 2.56. The molecule has 0 atom stereocenters. The highest BCUT2D eigenvalue weighted by Crippen LogP contribution is 2.25. The number of oxazole rings is 1. The van der Waals surface area contributed by atoms with Gasteiger partial charge in [0.25, 0.3) is 0 Å². The van der Waals surface area contributed by atoms with Crippen molar-refractivity contribution < 1.29 is 13.9 Å². The molecule has 0 spiro atoms. The average molecular weight is 353 g/mol. The summed E-state index contributed by atoms with van der Waals surface area (Å²) in [7, 11) is 0. The molecule has 0 aliphatic carbocycles. The lowest BCUT2D eigenvalue weighted by atomic mass is 10.2. The van der Waals surface area contributed by atoms with Crippen molar-refractivity contribution in [3.05, 3.63) is 66.1 Å². The summed E-state index contributed by atoms with van der Waals surface area (Å²) < 4.78 is 16.5. The van der Waals surface area contributed by atoms with Crippen LogP contribution in [0.25, 0.3) is 5.76 Å². The Morgan fingerprint density at radius 3 is 2.96 bits per heavy atom. The van der Waals surface area contributed by atoms with Gasteiger partial charge < -0.3 is 13.9 Å². The minimum atomic E-state index is 0.357. The summed E-state index contributed by atoms with van der Waals surface area (Å²) in [6.07, 6.45) is 5.21. The second kappa shape index (κ2) is 7.40. The molecule has 1 aliphatic heterocycles. The van der Waals surface area contributed by atoms with E-state index in [4.69, 9.17) is 13.9 Å².